The van der Waals surface area contributed by atoms with E-state index in [1.807, 2.05) is 12.2 Å². The van der Waals surface area contributed by atoms with E-state index in [4.69, 9.17) is 10.2 Å². The summed E-state index contributed by atoms with van der Waals surface area (Å²) in [5, 5.41) is 16.6. The molecule has 0 radical (unpaired) electrons. The molecule has 0 amide bonds. The van der Waals surface area contributed by atoms with E-state index in [-0.39, 0.29) is 37.0 Å². The number of carbonyl (C=O) groups excluding carboxylic acids is 2. The summed E-state index contributed by atoms with van der Waals surface area (Å²) in [5.74, 6) is -1.06. The van der Waals surface area contributed by atoms with E-state index in [1.165, 1.54) is 0 Å². The Balaban J connectivity index is 0.000000203. The molecule has 1 fully saturated rings. The predicted molar refractivity (Wildman–Crippen MR) is 69.1 cm³/mol. The molecule has 1 heterocycles. The molecular weight excluding hydrogens is 248 g/mol. The van der Waals surface area contributed by atoms with Gasteiger partial charge in [-0.2, -0.15) is 0 Å². The molecular formula is C14H22O5. The predicted octanol–water partition coefficient (Wildman–Crippen LogP) is 1.18. The van der Waals surface area contributed by atoms with E-state index in [9.17, 15) is 9.59 Å². The van der Waals surface area contributed by atoms with Gasteiger partial charge in [-0.25, -0.2) is 0 Å². The van der Waals surface area contributed by atoms with Crippen LogP contribution in [0.1, 0.15) is 38.5 Å². The van der Waals surface area contributed by atoms with Gasteiger partial charge in [0, 0.05) is 13.2 Å². The van der Waals surface area contributed by atoms with Crippen LogP contribution in [-0.4, -0.2) is 35.4 Å². The highest BCUT2D eigenvalue weighted by atomic mass is 16.6. The molecule has 1 unspecified atom stereocenters. The number of fused-ring (bicyclic) bond motifs is 1. The van der Waals surface area contributed by atoms with Crippen LogP contribution < -0.4 is 0 Å². The smallest absolute Gasteiger partial charge is 0.317 e. The van der Waals surface area contributed by atoms with E-state index in [2.05, 4.69) is 4.74 Å². The maximum Gasteiger partial charge on any atom is 0.317 e. The van der Waals surface area contributed by atoms with Gasteiger partial charge >= 0.3 is 11.9 Å². The Morgan fingerprint density at radius 1 is 0.895 bits per heavy atom. The van der Waals surface area contributed by atoms with Gasteiger partial charge in [0.25, 0.3) is 0 Å². The van der Waals surface area contributed by atoms with Gasteiger partial charge in [0.05, 0.1) is 11.8 Å². The Morgan fingerprint density at radius 3 is 1.68 bits per heavy atom. The number of unbranched alkanes of at least 4 members (excludes halogenated alkanes) is 3. The summed E-state index contributed by atoms with van der Waals surface area (Å²) in [6.45, 7) is 0.566. The molecule has 108 valence electrons. The van der Waals surface area contributed by atoms with Gasteiger partial charge in [0.1, 0.15) is 0 Å². The number of aliphatic hydroxyl groups excluding tert-OH is 2. The molecule has 5 heteroatoms. The van der Waals surface area contributed by atoms with Crippen molar-refractivity contribution >= 4 is 11.9 Å². The average Bonchev–Trinajstić information content (AvgIpc) is 2.72. The van der Waals surface area contributed by atoms with Crippen molar-refractivity contribution in [2.24, 2.45) is 11.8 Å². The van der Waals surface area contributed by atoms with Crippen LogP contribution in [0.4, 0.5) is 0 Å². The van der Waals surface area contributed by atoms with Gasteiger partial charge in [0.2, 0.25) is 0 Å². The maximum atomic E-state index is 10.9. The normalized spacial score (nSPS) is 24.5. The van der Waals surface area contributed by atoms with E-state index in [0.717, 1.165) is 25.7 Å². The molecule has 1 saturated heterocycles. The van der Waals surface area contributed by atoms with Crippen LogP contribution in [0.25, 0.3) is 0 Å². The molecule has 2 atom stereocenters. The van der Waals surface area contributed by atoms with Crippen molar-refractivity contribution in [1.29, 1.82) is 0 Å². The molecule has 0 aromatic heterocycles. The highest BCUT2D eigenvalue weighted by Gasteiger charge is 2.43. The van der Waals surface area contributed by atoms with Gasteiger partial charge < -0.3 is 14.9 Å². The van der Waals surface area contributed by atoms with Gasteiger partial charge in [-0.3, -0.25) is 9.59 Å². The zero-order chi connectivity index (χ0) is 14.1. The fraction of sp³-hybridized carbons (Fsp3) is 0.714. The van der Waals surface area contributed by atoms with Crippen LogP contribution in [0.5, 0.6) is 0 Å². The van der Waals surface area contributed by atoms with E-state index < -0.39 is 0 Å². The quantitative estimate of drug-likeness (QED) is 0.339. The zero-order valence-electron chi connectivity index (χ0n) is 11.1. The number of esters is 2. The lowest BCUT2D eigenvalue weighted by Crippen LogP contribution is -2.18. The summed E-state index contributed by atoms with van der Waals surface area (Å²) in [5.41, 5.74) is 0. The third-order valence-corrected chi connectivity index (χ3v) is 3.31. The number of carbonyl (C=O) groups is 2. The molecule has 1 aliphatic heterocycles. The first-order valence-corrected chi connectivity index (χ1v) is 6.83. The fourth-order valence-electron chi connectivity index (χ4n) is 2.16. The van der Waals surface area contributed by atoms with Crippen molar-refractivity contribution < 1.29 is 24.5 Å². The summed E-state index contributed by atoms with van der Waals surface area (Å²) in [4.78, 5) is 21.9. The largest absolute Gasteiger partial charge is 0.396 e. The summed E-state index contributed by atoms with van der Waals surface area (Å²) in [6, 6.07) is 0. The molecule has 0 aromatic carbocycles. The highest BCUT2D eigenvalue weighted by Crippen LogP contribution is 2.32. The average molecular weight is 270 g/mol. The number of aliphatic hydroxyl groups is 2. The first-order valence-electron chi connectivity index (χ1n) is 6.83. The second kappa shape index (κ2) is 8.82. The van der Waals surface area contributed by atoms with Crippen LogP contribution in [-0.2, 0) is 14.3 Å². The lowest BCUT2D eigenvalue weighted by molar-refractivity contribution is -0.153. The van der Waals surface area contributed by atoms with Crippen molar-refractivity contribution in [2.75, 3.05) is 13.2 Å². The molecule has 5 nitrogen and oxygen atoms in total. The SMILES string of the molecule is O=C1OC(=O)[C@H]2CC=CCC12.OCCCCCCO. The monoisotopic (exact) mass is 270 g/mol. The Bertz CT molecular complexity index is 294. The Hall–Kier alpha value is -1.20. The summed E-state index contributed by atoms with van der Waals surface area (Å²) >= 11 is 0. The fourth-order valence-corrected chi connectivity index (χ4v) is 2.16. The first-order chi connectivity index (χ1) is 9.20. The Kier molecular flexibility index (Phi) is 7.36. The molecule has 2 rings (SSSR count). The standard InChI is InChI=1S/C8H8O3.C6H14O2/c9-7-5-3-1-2-4-6(5)8(10)11-7;7-5-3-1-2-4-6-8/h1-2,5-6H,3-4H2;7-8H,1-6H2/t5-,6?;/m0./s1. The third-order valence-electron chi connectivity index (χ3n) is 3.31. The minimum Gasteiger partial charge on any atom is -0.396 e. The number of hydrogen-bond donors (Lipinski definition) is 2. The Labute approximate surface area is 113 Å². The summed E-state index contributed by atoms with van der Waals surface area (Å²) < 4.78 is 4.49. The zero-order valence-corrected chi connectivity index (χ0v) is 11.1. The van der Waals surface area contributed by atoms with Crippen LogP contribution in [0.2, 0.25) is 0 Å². The molecule has 2 aliphatic rings. The molecule has 0 saturated carbocycles. The molecule has 0 bridgehead atoms. The van der Waals surface area contributed by atoms with E-state index in [1.54, 1.807) is 0 Å². The van der Waals surface area contributed by atoms with Gasteiger partial charge in [-0.15, -0.1) is 0 Å². The minimum absolute atomic E-state index is 0.188. The highest BCUT2D eigenvalue weighted by molar-refractivity contribution is 5.96. The number of ether oxygens (including phenoxy) is 1. The van der Waals surface area contributed by atoms with Crippen LogP contribution in [0.3, 0.4) is 0 Å². The van der Waals surface area contributed by atoms with Crippen molar-refractivity contribution in [2.45, 2.75) is 38.5 Å². The number of cyclic esters (lactones) is 2. The van der Waals surface area contributed by atoms with Gasteiger partial charge in [0.15, 0.2) is 0 Å². The lowest BCUT2D eigenvalue weighted by atomic mass is 9.85. The second-order valence-corrected chi connectivity index (χ2v) is 4.76. The molecule has 0 spiro atoms. The number of allylic oxidation sites excluding steroid dienone is 2. The van der Waals surface area contributed by atoms with E-state index >= 15 is 0 Å². The number of rotatable bonds is 5. The topological polar surface area (TPSA) is 83.8 Å². The Morgan fingerprint density at radius 2 is 1.32 bits per heavy atom. The molecule has 1 aliphatic carbocycles. The number of hydrogen-bond acceptors (Lipinski definition) is 5. The van der Waals surface area contributed by atoms with Gasteiger partial charge in [-0.1, -0.05) is 25.0 Å². The molecule has 0 aromatic rings. The van der Waals surface area contributed by atoms with Crippen molar-refractivity contribution in [1.82, 2.24) is 0 Å². The van der Waals surface area contributed by atoms with Crippen LogP contribution in [0, 0.1) is 11.8 Å². The molecule has 2 N–H and O–H groups in total. The summed E-state index contributed by atoms with van der Waals surface area (Å²) in [7, 11) is 0. The third kappa shape index (κ3) is 5.12. The maximum absolute atomic E-state index is 10.9. The summed E-state index contributed by atoms with van der Waals surface area (Å²) in [6.07, 6.45) is 9.01. The second-order valence-electron chi connectivity index (χ2n) is 4.76. The van der Waals surface area contributed by atoms with Crippen LogP contribution >= 0.6 is 0 Å². The van der Waals surface area contributed by atoms with Crippen LogP contribution in [0.15, 0.2) is 12.2 Å². The van der Waals surface area contributed by atoms with Gasteiger partial charge in [-0.05, 0) is 25.7 Å². The van der Waals surface area contributed by atoms with E-state index in [0.29, 0.717) is 12.8 Å². The lowest BCUT2D eigenvalue weighted by Gasteiger charge is -2.12. The molecule has 19 heavy (non-hydrogen) atoms. The first kappa shape index (κ1) is 15.9. The van der Waals surface area contributed by atoms with Crippen molar-refractivity contribution in [3.63, 3.8) is 0 Å². The van der Waals surface area contributed by atoms with Crippen molar-refractivity contribution in [3.8, 4) is 0 Å². The van der Waals surface area contributed by atoms with Crippen molar-refractivity contribution in [3.05, 3.63) is 12.2 Å². The minimum atomic E-state index is -0.343.